The zero-order valence-electron chi connectivity index (χ0n) is 29.5. The number of nitrogens with two attached hydrogens (primary N) is 4. The molecule has 1 heterocycles. The maximum atomic E-state index is 13.7. The molecule has 0 aromatic carbocycles. The van der Waals surface area contributed by atoms with Gasteiger partial charge in [0.2, 0.25) is 35.4 Å². The van der Waals surface area contributed by atoms with Crippen LogP contribution in [0.25, 0.3) is 0 Å². The van der Waals surface area contributed by atoms with E-state index in [0.717, 1.165) is 0 Å². The van der Waals surface area contributed by atoms with Gasteiger partial charge in [-0.25, -0.2) is 4.79 Å². The van der Waals surface area contributed by atoms with Gasteiger partial charge >= 0.3 is 5.97 Å². The SMILES string of the molecule is CC(C)C[C@H](NC(=O)[C@H](CCCN=C(N)N)NC(=O)[C@@H](NC(=O)[C@@H]1CCCN1C(=O)[C@@H](N)CCC(N)=O)C(C)C)C(=O)N[C@H](C(=O)O)[C@@H](C)O. The molecule has 0 saturated carbocycles. The Hall–Kier alpha value is -4.52. The van der Waals surface area contributed by atoms with Crippen molar-refractivity contribution in [3.63, 3.8) is 0 Å². The van der Waals surface area contributed by atoms with E-state index < -0.39 is 89.7 Å². The first-order valence-electron chi connectivity index (χ1n) is 16.8. The van der Waals surface area contributed by atoms with Crippen molar-refractivity contribution in [2.45, 2.75) is 122 Å². The lowest BCUT2D eigenvalue weighted by Crippen LogP contribution is -2.60. The van der Waals surface area contributed by atoms with Gasteiger partial charge in [-0.1, -0.05) is 27.7 Å². The van der Waals surface area contributed by atoms with Crippen molar-refractivity contribution in [1.82, 2.24) is 26.2 Å². The van der Waals surface area contributed by atoms with Crippen molar-refractivity contribution >= 4 is 47.4 Å². The van der Waals surface area contributed by atoms with Gasteiger partial charge in [0.25, 0.3) is 0 Å². The van der Waals surface area contributed by atoms with E-state index in [1.54, 1.807) is 27.7 Å². The summed E-state index contributed by atoms with van der Waals surface area (Å²) in [6, 6.07) is -7.19. The molecule has 50 heavy (non-hydrogen) atoms. The van der Waals surface area contributed by atoms with Gasteiger partial charge in [-0.05, 0) is 57.3 Å². The fraction of sp³-hybridized carbons (Fsp3) is 0.742. The molecule has 6 amide bonds. The summed E-state index contributed by atoms with van der Waals surface area (Å²) in [6.07, 6.45) is -0.323. The summed E-state index contributed by atoms with van der Waals surface area (Å²) in [5.41, 5.74) is 21.9. The monoisotopic (exact) mass is 712 g/mol. The van der Waals surface area contributed by atoms with Crippen molar-refractivity contribution < 1.29 is 43.8 Å². The molecule has 14 N–H and O–H groups in total. The van der Waals surface area contributed by atoms with E-state index >= 15 is 0 Å². The van der Waals surface area contributed by atoms with Crippen LogP contribution in [-0.4, -0.2) is 118 Å². The lowest BCUT2D eigenvalue weighted by Gasteiger charge is -2.30. The Morgan fingerprint density at radius 3 is 1.96 bits per heavy atom. The summed E-state index contributed by atoms with van der Waals surface area (Å²) < 4.78 is 0. The number of carbonyl (C=O) groups is 7. The Bertz CT molecular complexity index is 1240. The van der Waals surface area contributed by atoms with Gasteiger partial charge in [0.15, 0.2) is 12.0 Å². The van der Waals surface area contributed by atoms with Crippen LogP contribution >= 0.6 is 0 Å². The highest BCUT2D eigenvalue weighted by Gasteiger charge is 2.39. The van der Waals surface area contributed by atoms with Gasteiger partial charge in [0.05, 0.1) is 12.1 Å². The maximum Gasteiger partial charge on any atom is 0.328 e. The molecule has 0 radical (unpaired) electrons. The summed E-state index contributed by atoms with van der Waals surface area (Å²) in [4.78, 5) is 94.8. The molecule has 1 fully saturated rings. The van der Waals surface area contributed by atoms with Crippen LogP contribution in [0.3, 0.4) is 0 Å². The maximum absolute atomic E-state index is 13.7. The first-order chi connectivity index (χ1) is 23.3. The number of likely N-dealkylation sites (tertiary alicyclic amines) is 1. The summed E-state index contributed by atoms with van der Waals surface area (Å²) in [5, 5.41) is 29.4. The van der Waals surface area contributed by atoms with Crippen LogP contribution in [-0.2, 0) is 33.6 Å². The molecule has 0 bridgehead atoms. The van der Waals surface area contributed by atoms with E-state index in [1.807, 2.05) is 0 Å². The predicted molar refractivity (Wildman–Crippen MR) is 182 cm³/mol. The number of guanidine groups is 1. The Balaban J connectivity index is 3.21. The first kappa shape index (κ1) is 43.5. The van der Waals surface area contributed by atoms with Gasteiger partial charge in [-0.2, -0.15) is 0 Å². The van der Waals surface area contributed by atoms with Crippen LogP contribution in [0.4, 0.5) is 0 Å². The Morgan fingerprint density at radius 1 is 0.840 bits per heavy atom. The fourth-order valence-corrected chi connectivity index (χ4v) is 5.37. The third-order valence-corrected chi connectivity index (χ3v) is 8.07. The highest BCUT2D eigenvalue weighted by molar-refractivity contribution is 5.96. The molecular formula is C31H56N10O9. The third-order valence-electron chi connectivity index (χ3n) is 8.07. The number of amides is 6. The van der Waals surface area contributed by atoms with Crippen LogP contribution in [0.1, 0.15) is 79.6 Å². The molecule has 0 spiro atoms. The lowest BCUT2D eigenvalue weighted by atomic mass is 10.00. The smallest absolute Gasteiger partial charge is 0.328 e. The quantitative estimate of drug-likeness (QED) is 0.0318. The van der Waals surface area contributed by atoms with Crippen LogP contribution in [0, 0.1) is 11.8 Å². The summed E-state index contributed by atoms with van der Waals surface area (Å²) in [5.74, 6) is -6.29. The number of hydrogen-bond donors (Lipinski definition) is 10. The van der Waals surface area contributed by atoms with Crippen molar-refractivity contribution in [2.75, 3.05) is 13.1 Å². The number of hydrogen-bond acceptors (Lipinski definition) is 10. The minimum absolute atomic E-state index is 0.0165. The van der Waals surface area contributed by atoms with E-state index in [-0.39, 0.29) is 57.1 Å². The minimum Gasteiger partial charge on any atom is -0.480 e. The number of nitrogens with zero attached hydrogens (tertiary/aromatic N) is 2. The standard InChI is InChI=1S/C31H56N10O9/c1-15(2)14-20(26(45)40-24(17(5)42)30(49)50)38-25(44)19(8-6-12-36-31(34)35)37-28(47)23(16(3)4)39-27(46)21-9-7-13-41(21)29(48)18(32)10-11-22(33)43/h15-21,23-24,42H,6-14,32H2,1-5H3,(H2,33,43)(H,37,47)(H,38,44)(H,39,46)(H,40,45)(H,49,50)(H4,34,35,36)/t17-,18+,19+,20+,21+,23+,24+/m1/s1. The number of aliphatic hydroxyl groups excluding tert-OH is 1. The average Bonchev–Trinajstić information content (AvgIpc) is 3.51. The summed E-state index contributed by atoms with van der Waals surface area (Å²) in [7, 11) is 0. The molecule has 284 valence electrons. The van der Waals surface area contributed by atoms with Crippen LogP contribution in [0.15, 0.2) is 4.99 Å². The first-order valence-corrected chi connectivity index (χ1v) is 16.8. The molecule has 1 aliphatic rings. The second kappa shape index (κ2) is 20.9. The molecule has 0 unspecified atom stereocenters. The van der Waals surface area contributed by atoms with Gasteiger partial charge in [-0.3, -0.25) is 33.8 Å². The van der Waals surface area contributed by atoms with Gasteiger partial charge in [0, 0.05) is 19.5 Å². The van der Waals surface area contributed by atoms with Gasteiger partial charge < -0.3 is 59.3 Å². The minimum atomic E-state index is -1.63. The Labute approximate surface area is 292 Å². The average molecular weight is 713 g/mol. The van der Waals surface area contributed by atoms with Crippen molar-refractivity contribution in [3.05, 3.63) is 0 Å². The molecule has 0 aliphatic carbocycles. The van der Waals surface area contributed by atoms with E-state index in [9.17, 15) is 43.8 Å². The molecule has 19 nitrogen and oxygen atoms in total. The van der Waals surface area contributed by atoms with Crippen molar-refractivity contribution in [3.8, 4) is 0 Å². The number of carboxylic acid groups (broad SMARTS) is 1. The lowest BCUT2D eigenvalue weighted by molar-refractivity contribution is -0.145. The van der Waals surface area contributed by atoms with Crippen molar-refractivity contribution in [1.29, 1.82) is 0 Å². The molecule has 1 rings (SSSR count). The summed E-state index contributed by atoms with van der Waals surface area (Å²) in [6.45, 7) is 8.50. The number of aliphatic hydroxyl groups is 1. The number of rotatable bonds is 21. The largest absolute Gasteiger partial charge is 0.480 e. The highest BCUT2D eigenvalue weighted by Crippen LogP contribution is 2.20. The number of nitrogens with one attached hydrogen (secondary N) is 4. The number of primary amides is 1. The molecule has 0 aromatic heterocycles. The second-order valence-corrected chi connectivity index (χ2v) is 13.3. The van der Waals surface area contributed by atoms with Gasteiger partial charge in [0.1, 0.15) is 24.2 Å². The number of carboxylic acids is 1. The topological polar surface area (TPSA) is 328 Å². The molecular weight excluding hydrogens is 656 g/mol. The number of carbonyl (C=O) groups excluding carboxylic acids is 6. The molecule has 0 aromatic rings. The molecule has 7 atom stereocenters. The van der Waals surface area contributed by atoms with Crippen LogP contribution < -0.4 is 44.2 Å². The number of aliphatic carboxylic acids is 1. The Morgan fingerprint density at radius 2 is 1.44 bits per heavy atom. The normalized spacial score (nSPS) is 17.9. The third kappa shape index (κ3) is 14.5. The van der Waals surface area contributed by atoms with Gasteiger partial charge in [-0.15, -0.1) is 0 Å². The van der Waals surface area contributed by atoms with Crippen molar-refractivity contribution in [2.24, 2.45) is 39.8 Å². The zero-order chi connectivity index (χ0) is 38.3. The van der Waals surface area contributed by atoms with E-state index in [4.69, 9.17) is 22.9 Å². The number of aliphatic imine (C=N–C) groups is 1. The van der Waals surface area contributed by atoms with E-state index in [0.29, 0.717) is 12.8 Å². The molecule has 19 heteroatoms. The van der Waals surface area contributed by atoms with E-state index in [2.05, 4.69) is 26.3 Å². The fourth-order valence-electron chi connectivity index (χ4n) is 5.37. The van der Waals surface area contributed by atoms with Crippen LogP contribution in [0.2, 0.25) is 0 Å². The van der Waals surface area contributed by atoms with E-state index in [1.165, 1.54) is 11.8 Å². The van der Waals surface area contributed by atoms with Crippen LogP contribution in [0.5, 0.6) is 0 Å². The molecule has 1 saturated heterocycles. The Kier molecular flexibility index (Phi) is 18.2. The zero-order valence-corrected chi connectivity index (χ0v) is 29.5. The predicted octanol–water partition coefficient (Wildman–Crippen LogP) is -3.27. The second-order valence-electron chi connectivity index (χ2n) is 13.3. The molecule has 1 aliphatic heterocycles. The summed E-state index contributed by atoms with van der Waals surface area (Å²) >= 11 is 0. The highest BCUT2D eigenvalue weighted by atomic mass is 16.4.